The molecule has 0 rings (SSSR count). The maximum Gasteiger partial charge on any atom is 0.0926 e. The molecule has 0 aromatic rings. The number of nitriles is 1. The molecule has 0 amide bonds. The number of nitrogens with zero attached hydrogens (tertiary/aromatic N) is 2. The van der Waals surface area contributed by atoms with Gasteiger partial charge >= 0.3 is 0 Å². The first kappa shape index (κ1) is 11.4. The molecule has 0 saturated carbocycles. The molecule has 2 unspecified atom stereocenters. The first-order valence-corrected chi connectivity index (χ1v) is 4.36. The second kappa shape index (κ2) is 5.99. The maximum atomic E-state index is 8.54. The van der Waals surface area contributed by atoms with E-state index in [2.05, 4.69) is 37.3 Å². The van der Waals surface area contributed by atoms with Gasteiger partial charge in [0, 0.05) is 6.04 Å². The molecule has 3 nitrogen and oxygen atoms in total. The summed E-state index contributed by atoms with van der Waals surface area (Å²) in [5.74, 6) is 0. The van der Waals surface area contributed by atoms with E-state index in [-0.39, 0.29) is 6.04 Å². The van der Waals surface area contributed by atoms with Crippen molar-refractivity contribution in [3.63, 3.8) is 0 Å². The van der Waals surface area contributed by atoms with Gasteiger partial charge in [0.25, 0.3) is 0 Å². The van der Waals surface area contributed by atoms with Gasteiger partial charge < -0.3 is 4.90 Å². The van der Waals surface area contributed by atoms with Crippen molar-refractivity contribution in [2.45, 2.75) is 32.4 Å². The molecule has 0 saturated heterocycles. The second-order valence-electron chi connectivity index (χ2n) is 3.51. The molecule has 70 valence electrons. The Kier molecular flexibility index (Phi) is 5.69. The fraction of sp³-hybridized carbons (Fsp3) is 0.889. The minimum absolute atomic E-state index is 0.0397. The highest BCUT2D eigenvalue weighted by Gasteiger charge is 2.05. The van der Waals surface area contributed by atoms with Gasteiger partial charge in [-0.3, -0.25) is 5.32 Å². The first-order valence-electron chi connectivity index (χ1n) is 4.36. The van der Waals surface area contributed by atoms with Crippen LogP contribution in [0.1, 0.15) is 20.3 Å². The van der Waals surface area contributed by atoms with Gasteiger partial charge in [-0.25, -0.2) is 0 Å². The number of rotatable bonds is 5. The van der Waals surface area contributed by atoms with Crippen LogP contribution in [-0.2, 0) is 0 Å². The van der Waals surface area contributed by atoms with E-state index >= 15 is 0 Å². The molecule has 0 bridgehead atoms. The van der Waals surface area contributed by atoms with Gasteiger partial charge in [0.15, 0.2) is 0 Å². The summed E-state index contributed by atoms with van der Waals surface area (Å²) in [5.41, 5.74) is 0. The van der Waals surface area contributed by atoms with E-state index in [4.69, 9.17) is 5.26 Å². The summed E-state index contributed by atoms with van der Waals surface area (Å²) in [4.78, 5) is 2.15. The molecule has 0 aromatic heterocycles. The molecule has 0 aliphatic carbocycles. The van der Waals surface area contributed by atoms with Crippen LogP contribution in [0.5, 0.6) is 0 Å². The number of hydrogen-bond acceptors (Lipinski definition) is 3. The lowest BCUT2D eigenvalue weighted by Gasteiger charge is -2.17. The van der Waals surface area contributed by atoms with Crippen molar-refractivity contribution < 1.29 is 0 Å². The molecule has 0 spiro atoms. The average Bonchev–Trinajstić information content (AvgIpc) is 2.00. The van der Waals surface area contributed by atoms with Crippen LogP contribution in [0.2, 0.25) is 0 Å². The zero-order valence-corrected chi connectivity index (χ0v) is 8.46. The van der Waals surface area contributed by atoms with Crippen LogP contribution in [-0.4, -0.2) is 37.6 Å². The number of hydrogen-bond donors (Lipinski definition) is 1. The minimum Gasteiger partial charge on any atom is -0.309 e. The summed E-state index contributed by atoms with van der Waals surface area (Å²) < 4.78 is 0. The van der Waals surface area contributed by atoms with Crippen molar-refractivity contribution in [2.75, 3.05) is 20.6 Å². The van der Waals surface area contributed by atoms with Crippen LogP contribution in [0.3, 0.4) is 0 Å². The van der Waals surface area contributed by atoms with Crippen LogP contribution < -0.4 is 5.32 Å². The van der Waals surface area contributed by atoms with E-state index < -0.39 is 0 Å². The quantitative estimate of drug-likeness (QED) is 0.662. The van der Waals surface area contributed by atoms with Gasteiger partial charge in [0.2, 0.25) is 0 Å². The lowest BCUT2D eigenvalue weighted by atomic mass is 10.2. The highest BCUT2D eigenvalue weighted by Crippen LogP contribution is 1.93. The predicted octanol–water partition coefficient (Wildman–Crippen LogP) is 0.828. The lowest BCUT2D eigenvalue weighted by Crippen LogP contribution is -2.35. The van der Waals surface area contributed by atoms with Gasteiger partial charge in [0.05, 0.1) is 12.1 Å². The van der Waals surface area contributed by atoms with E-state index in [0.29, 0.717) is 6.04 Å². The van der Waals surface area contributed by atoms with Crippen molar-refractivity contribution in [3.8, 4) is 6.07 Å². The molecule has 2 atom stereocenters. The normalized spacial score (nSPS) is 15.7. The zero-order valence-electron chi connectivity index (χ0n) is 8.46. The Bertz CT molecular complexity index is 148. The monoisotopic (exact) mass is 169 g/mol. The fourth-order valence-electron chi connectivity index (χ4n) is 0.999. The zero-order chi connectivity index (χ0) is 9.56. The van der Waals surface area contributed by atoms with E-state index in [9.17, 15) is 0 Å². The first-order chi connectivity index (χ1) is 5.56. The topological polar surface area (TPSA) is 39.1 Å². The second-order valence-corrected chi connectivity index (χ2v) is 3.51. The molecule has 0 radical (unpaired) electrons. The fourth-order valence-corrected chi connectivity index (χ4v) is 0.999. The molecule has 0 heterocycles. The van der Waals surface area contributed by atoms with Crippen LogP contribution in [0.25, 0.3) is 0 Å². The maximum absolute atomic E-state index is 8.54. The third-order valence-corrected chi connectivity index (χ3v) is 1.74. The van der Waals surface area contributed by atoms with Crippen LogP contribution in [0, 0.1) is 11.3 Å². The standard InChI is InChI=1S/C9H19N3/c1-8(5-6-12(3)4)11-9(2)7-10/h8-9,11H,5-6H2,1-4H3. The van der Waals surface area contributed by atoms with E-state index in [1.54, 1.807) is 0 Å². The highest BCUT2D eigenvalue weighted by molar-refractivity contribution is 4.87. The Morgan fingerprint density at radius 1 is 1.42 bits per heavy atom. The Balaban J connectivity index is 3.47. The minimum atomic E-state index is -0.0397. The molecule has 0 aliphatic rings. The smallest absolute Gasteiger partial charge is 0.0926 e. The summed E-state index contributed by atoms with van der Waals surface area (Å²) in [5, 5.41) is 11.7. The third kappa shape index (κ3) is 6.14. The molecule has 0 aliphatic heterocycles. The molecule has 0 aromatic carbocycles. The predicted molar refractivity (Wildman–Crippen MR) is 50.8 cm³/mol. The van der Waals surface area contributed by atoms with Gasteiger partial charge in [-0.2, -0.15) is 5.26 Å². The van der Waals surface area contributed by atoms with E-state index in [0.717, 1.165) is 13.0 Å². The SMILES string of the molecule is CC(C#N)NC(C)CCN(C)C. The lowest BCUT2D eigenvalue weighted by molar-refractivity contribution is 0.362. The summed E-state index contributed by atoms with van der Waals surface area (Å²) in [6, 6.07) is 2.54. The Labute approximate surface area is 75.4 Å². The average molecular weight is 169 g/mol. The van der Waals surface area contributed by atoms with Crippen molar-refractivity contribution >= 4 is 0 Å². The van der Waals surface area contributed by atoms with Crippen molar-refractivity contribution in [2.24, 2.45) is 0 Å². The van der Waals surface area contributed by atoms with Gasteiger partial charge in [0.1, 0.15) is 0 Å². The van der Waals surface area contributed by atoms with Gasteiger partial charge in [-0.05, 0) is 40.9 Å². The summed E-state index contributed by atoms with van der Waals surface area (Å²) in [6.07, 6.45) is 1.08. The van der Waals surface area contributed by atoms with Crippen LogP contribution in [0.4, 0.5) is 0 Å². The third-order valence-electron chi connectivity index (χ3n) is 1.74. The largest absolute Gasteiger partial charge is 0.309 e. The molecule has 3 heteroatoms. The van der Waals surface area contributed by atoms with Crippen LogP contribution in [0.15, 0.2) is 0 Å². The Morgan fingerprint density at radius 3 is 2.42 bits per heavy atom. The van der Waals surface area contributed by atoms with Crippen molar-refractivity contribution in [3.05, 3.63) is 0 Å². The molecule has 1 N–H and O–H groups in total. The Hall–Kier alpha value is -0.590. The molecular weight excluding hydrogens is 150 g/mol. The van der Waals surface area contributed by atoms with Crippen molar-refractivity contribution in [1.82, 2.24) is 10.2 Å². The Morgan fingerprint density at radius 2 is 2.00 bits per heavy atom. The molecule has 0 fully saturated rings. The van der Waals surface area contributed by atoms with Crippen molar-refractivity contribution in [1.29, 1.82) is 5.26 Å². The summed E-state index contributed by atoms with van der Waals surface area (Å²) in [6.45, 7) is 5.05. The molecule has 12 heavy (non-hydrogen) atoms. The van der Waals surface area contributed by atoms with Crippen LogP contribution >= 0.6 is 0 Å². The van der Waals surface area contributed by atoms with E-state index in [1.807, 2.05) is 6.92 Å². The molecular formula is C9H19N3. The highest BCUT2D eigenvalue weighted by atomic mass is 15.1. The van der Waals surface area contributed by atoms with Gasteiger partial charge in [-0.15, -0.1) is 0 Å². The van der Waals surface area contributed by atoms with E-state index in [1.165, 1.54) is 0 Å². The summed E-state index contributed by atoms with van der Waals surface area (Å²) in [7, 11) is 4.11. The number of nitrogens with one attached hydrogen (secondary N) is 1. The van der Waals surface area contributed by atoms with Gasteiger partial charge in [-0.1, -0.05) is 0 Å². The summed E-state index contributed by atoms with van der Waals surface area (Å²) >= 11 is 0.